The molecule has 4 aliphatic rings. The van der Waals surface area contributed by atoms with Crippen LogP contribution >= 0.6 is 0 Å². The zero-order valence-corrected chi connectivity index (χ0v) is 21.3. The fraction of sp³-hybridized carbons (Fsp3) is 0.920. The smallest absolute Gasteiger partial charge is 0.341 e. The maximum absolute atomic E-state index is 14.9. The summed E-state index contributed by atoms with van der Waals surface area (Å²) in [5.74, 6) is -0.662. The molecule has 0 aromatic carbocycles. The molecular weight excluding hydrogens is 438 g/mol. The number of hydrogen-bond donors (Lipinski definition) is 1. The van der Waals surface area contributed by atoms with Crippen LogP contribution in [0.2, 0.25) is 0 Å². The number of carbonyl (C=O) groups excluding carboxylic acids is 1. The summed E-state index contributed by atoms with van der Waals surface area (Å²) in [7, 11) is -3.79. The summed E-state index contributed by atoms with van der Waals surface area (Å²) in [6, 6.07) is 1.87. The molecule has 0 aromatic heterocycles. The van der Waals surface area contributed by atoms with Gasteiger partial charge in [-0.3, -0.25) is 0 Å². The van der Waals surface area contributed by atoms with Gasteiger partial charge in [-0.15, -0.1) is 0 Å². The molecule has 2 N–H and O–H groups in total. The van der Waals surface area contributed by atoms with Crippen LogP contribution in [0.1, 0.15) is 104 Å². The van der Waals surface area contributed by atoms with Gasteiger partial charge in [-0.25, -0.2) is 13.2 Å². The number of esters is 1. The number of ether oxygens (including phenoxy) is 1. The first-order valence-corrected chi connectivity index (χ1v) is 14.4. The number of nitriles is 1. The molecule has 0 amide bonds. The van der Waals surface area contributed by atoms with Gasteiger partial charge in [-0.05, 0) is 63.2 Å². The van der Waals surface area contributed by atoms with Crippen LogP contribution in [0.15, 0.2) is 0 Å². The predicted molar refractivity (Wildman–Crippen MR) is 126 cm³/mol. The normalized spacial score (nSPS) is 34.7. The van der Waals surface area contributed by atoms with E-state index < -0.39 is 37.8 Å². The number of rotatable bonds is 6. The zero-order valence-electron chi connectivity index (χ0n) is 20.5. The Morgan fingerprint density at radius 2 is 1.55 bits per heavy atom. The van der Waals surface area contributed by atoms with Crippen LogP contribution in [0.5, 0.6) is 0 Å². The van der Waals surface area contributed by atoms with Gasteiger partial charge in [0.25, 0.3) is 0 Å². The Morgan fingerprint density at radius 1 is 1.03 bits per heavy atom. The number of nitrogens with two attached hydrogens (primary N) is 1. The van der Waals surface area contributed by atoms with Crippen LogP contribution in [0.25, 0.3) is 0 Å². The van der Waals surface area contributed by atoms with Crippen molar-refractivity contribution in [2.45, 2.75) is 133 Å². The second-order valence-electron chi connectivity index (χ2n) is 11.7. The molecule has 4 rings (SSSR count). The minimum Gasteiger partial charge on any atom is -0.458 e. The van der Waals surface area contributed by atoms with Gasteiger partial charge >= 0.3 is 5.97 Å². The van der Waals surface area contributed by atoms with Gasteiger partial charge in [0.2, 0.25) is 10.0 Å². The molecule has 0 heterocycles. The molecule has 0 aromatic rings. The second-order valence-corrected chi connectivity index (χ2v) is 13.8. The molecule has 33 heavy (non-hydrogen) atoms. The fourth-order valence-electron chi connectivity index (χ4n) is 7.47. The van der Waals surface area contributed by atoms with E-state index in [4.69, 9.17) is 10.5 Å². The third-order valence-corrected chi connectivity index (χ3v) is 12.6. The maximum Gasteiger partial charge on any atom is 0.341 e. The average molecular weight is 480 g/mol. The van der Waals surface area contributed by atoms with E-state index in [0.717, 1.165) is 70.6 Å². The van der Waals surface area contributed by atoms with Gasteiger partial charge < -0.3 is 10.5 Å². The second kappa shape index (κ2) is 8.80. The minimum atomic E-state index is -3.79. The highest BCUT2D eigenvalue weighted by Gasteiger charge is 2.74. The first kappa shape index (κ1) is 24.9. The third kappa shape index (κ3) is 3.83. The summed E-state index contributed by atoms with van der Waals surface area (Å²) in [6.45, 7) is 5.41. The van der Waals surface area contributed by atoms with Crippen molar-refractivity contribution in [3.63, 3.8) is 0 Å². The molecule has 0 radical (unpaired) electrons. The van der Waals surface area contributed by atoms with Crippen molar-refractivity contribution in [2.24, 2.45) is 17.1 Å². The molecule has 0 spiro atoms. The fourth-order valence-corrected chi connectivity index (χ4v) is 10.7. The van der Waals surface area contributed by atoms with Gasteiger partial charge in [-0.2, -0.15) is 9.57 Å². The Balaban J connectivity index is 1.76. The minimum absolute atomic E-state index is 0.0342. The van der Waals surface area contributed by atoms with Crippen LogP contribution in [0.3, 0.4) is 0 Å². The highest BCUT2D eigenvalue weighted by molar-refractivity contribution is 7.90. The highest BCUT2D eigenvalue weighted by atomic mass is 32.2. The number of hydrogen-bond acceptors (Lipinski definition) is 6. The highest BCUT2D eigenvalue weighted by Crippen LogP contribution is 2.65. The standard InChI is InChI=1S/C25H41N3O4S/c1-23(2)18-14-15-25(23,21(16-18)32-22(29)24(3,27)17-26)33(30,31)28(19-10-6-4-7-11-19)20-12-8-5-9-13-20/h18-21H,4-16,27H2,1-3H3/t18-,21-,24+,25-/m1/s1. The molecule has 0 saturated heterocycles. The Labute approximate surface area is 199 Å². The summed E-state index contributed by atoms with van der Waals surface area (Å²) >= 11 is 0. The van der Waals surface area contributed by atoms with Gasteiger partial charge in [0.05, 0.1) is 6.07 Å². The van der Waals surface area contributed by atoms with Crippen molar-refractivity contribution < 1.29 is 17.9 Å². The van der Waals surface area contributed by atoms with Crippen molar-refractivity contribution in [1.29, 1.82) is 5.26 Å². The molecule has 4 saturated carbocycles. The zero-order chi connectivity index (χ0) is 24.1. The Bertz CT molecular complexity index is 879. The van der Waals surface area contributed by atoms with Crippen molar-refractivity contribution in [2.75, 3.05) is 0 Å². The quantitative estimate of drug-likeness (QED) is 0.576. The third-order valence-electron chi connectivity index (χ3n) is 9.51. The van der Waals surface area contributed by atoms with E-state index in [9.17, 15) is 18.5 Å². The van der Waals surface area contributed by atoms with E-state index in [0.29, 0.717) is 12.8 Å². The lowest BCUT2D eigenvalue weighted by Crippen LogP contribution is -2.63. The van der Waals surface area contributed by atoms with Crippen molar-refractivity contribution in [3.8, 4) is 6.07 Å². The van der Waals surface area contributed by atoms with E-state index in [1.54, 1.807) is 6.07 Å². The molecule has 0 aliphatic heterocycles. The van der Waals surface area contributed by atoms with Crippen LogP contribution in [0, 0.1) is 22.7 Å². The number of fused-ring (bicyclic) bond motifs is 2. The van der Waals surface area contributed by atoms with Gasteiger partial charge in [0, 0.05) is 12.1 Å². The number of carbonyl (C=O) groups is 1. The lowest BCUT2D eigenvalue weighted by atomic mass is 9.81. The summed E-state index contributed by atoms with van der Waals surface area (Å²) in [4.78, 5) is 12.8. The number of sulfonamides is 1. The summed E-state index contributed by atoms with van der Waals surface area (Å²) in [5, 5.41) is 9.32. The molecule has 186 valence electrons. The van der Waals surface area contributed by atoms with E-state index in [1.165, 1.54) is 6.92 Å². The molecule has 4 fully saturated rings. The lowest BCUT2D eigenvalue weighted by molar-refractivity contribution is -0.155. The first-order valence-electron chi connectivity index (χ1n) is 12.9. The summed E-state index contributed by atoms with van der Waals surface area (Å²) in [6.07, 6.45) is 11.3. The average Bonchev–Trinajstić information content (AvgIpc) is 3.18. The van der Waals surface area contributed by atoms with Crippen LogP contribution in [-0.4, -0.2) is 47.2 Å². The first-order chi connectivity index (χ1) is 15.5. The van der Waals surface area contributed by atoms with Crippen molar-refractivity contribution in [1.82, 2.24) is 4.31 Å². The summed E-state index contributed by atoms with van der Waals surface area (Å²) in [5.41, 5.74) is 3.55. The van der Waals surface area contributed by atoms with Gasteiger partial charge in [-0.1, -0.05) is 52.4 Å². The lowest BCUT2D eigenvalue weighted by Gasteiger charge is -2.49. The van der Waals surface area contributed by atoms with E-state index in [1.807, 2.05) is 18.2 Å². The van der Waals surface area contributed by atoms with E-state index >= 15 is 0 Å². The van der Waals surface area contributed by atoms with E-state index in [2.05, 4.69) is 0 Å². The Kier molecular flexibility index (Phi) is 6.65. The monoisotopic (exact) mass is 479 g/mol. The van der Waals surface area contributed by atoms with Gasteiger partial charge in [0.15, 0.2) is 5.54 Å². The molecular formula is C25H41N3O4S. The summed E-state index contributed by atoms with van der Waals surface area (Å²) < 4.78 is 36.4. The predicted octanol–water partition coefficient (Wildman–Crippen LogP) is 4.02. The van der Waals surface area contributed by atoms with Crippen molar-refractivity contribution in [3.05, 3.63) is 0 Å². The molecule has 4 aliphatic carbocycles. The van der Waals surface area contributed by atoms with E-state index in [-0.39, 0.29) is 18.0 Å². The van der Waals surface area contributed by atoms with Crippen LogP contribution < -0.4 is 5.73 Å². The van der Waals surface area contributed by atoms with Crippen molar-refractivity contribution >= 4 is 16.0 Å². The Hall–Kier alpha value is -1.17. The SMILES string of the molecule is CC1(C)[C@@H]2CC[C@@]1(S(=O)(=O)N(C1CCCCC1)C1CCCCC1)[C@H](OC(=O)[C@@](C)(N)C#N)C2. The molecule has 7 nitrogen and oxygen atoms in total. The maximum atomic E-state index is 14.9. The molecule has 8 heteroatoms. The largest absolute Gasteiger partial charge is 0.458 e. The molecule has 2 bridgehead atoms. The molecule has 4 atom stereocenters. The topological polar surface area (TPSA) is 113 Å². The Morgan fingerprint density at radius 3 is 2.00 bits per heavy atom. The molecule has 0 unspecified atom stereocenters. The number of nitrogens with zero attached hydrogens (tertiary/aromatic N) is 2. The van der Waals surface area contributed by atoms with Crippen LogP contribution in [0.4, 0.5) is 0 Å². The van der Waals surface area contributed by atoms with Gasteiger partial charge in [0.1, 0.15) is 10.9 Å². The van der Waals surface area contributed by atoms with Crippen LogP contribution in [-0.2, 0) is 19.6 Å².